The van der Waals surface area contributed by atoms with E-state index in [2.05, 4.69) is 25.8 Å². The molecule has 2 heterocycles. The highest BCUT2D eigenvalue weighted by Crippen LogP contribution is 2.44. The predicted molar refractivity (Wildman–Crippen MR) is 139 cm³/mol. The fourth-order valence-electron chi connectivity index (χ4n) is 4.27. The van der Waals surface area contributed by atoms with Crippen molar-refractivity contribution in [3.8, 4) is 11.5 Å². The highest BCUT2D eigenvalue weighted by Gasteiger charge is 2.47. The Hall–Kier alpha value is -3.84. The summed E-state index contributed by atoms with van der Waals surface area (Å²) in [5.74, 6) is -1.44. The van der Waals surface area contributed by atoms with Crippen molar-refractivity contribution in [3.05, 3.63) is 88.2 Å². The number of halogens is 1. The van der Waals surface area contributed by atoms with Crippen molar-refractivity contribution in [2.75, 3.05) is 19.1 Å². The molecule has 2 aromatic carbocycles. The molecule has 7 nitrogen and oxygen atoms in total. The molecular formula is C28H27ClN2O5. The maximum atomic E-state index is 13.4. The van der Waals surface area contributed by atoms with Gasteiger partial charge >= 0.3 is 0 Å². The lowest BCUT2D eigenvalue weighted by molar-refractivity contribution is -0.132. The van der Waals surface area contributed by atoms with Gasteiger partial charge in [0.25, 0.3) is 11.7 Å². The standard InChI is InChI=1S/C28H27ClN2O5/c1-28(2,3)17-6-8-18(9-7-17)31-24(16-10-12-30-13-11-16)23(26(33)27(31)34)25(32)19-14-22(36-5)20(29)15-21(19)35-4/h6-15,24,32H,1-5H3/b25-23+. The van der Waals surface area contributed by atoms with Crippen molar-refractivity contribution < 1.29 is 24.2 Å². The van der Waals surface area contributed by atoms with Crippen LogP contribution in [0.2, 0.25) is 5.02 Å². The normalized spacial score (nSPS) is 17.4. The second kappa shape index (κ2) is 9.66. The molecule has 0 bridgehead atoms. The number of benzene rings is 2. The number of carbonyl (C=O) groups excluding carboxylic acids is 2. The van der Waals surface area contributed by atoms with Crippen LogP contribution in [0.15, 0.2) is 66.5 Å². The lowest BCUT2D eigenvalue weighted by Crippen LogP contribution is -2.29. The van der Waals surface area contributed by atoms with Gasteiger partial charge in [0.15, 0.2) is 0 Å². The Bertz CT molecular complexity index is 1340. The third-order valence-corrected chi connectivity index (χ3v) is 6.50. The van der Waals surface area contributed by atoms with E-state index in [4.69, 9.17) is 21.1 Å². The van der Waals surface area contributed by atoms with E-state index in [1.807, 2.05) is 24.3 Å². The number of methoxy groups -OCH3 is 2. The van der Waals surface area contributed by atoms with Gasteiger partial charge in [-0.15, -0.1) is 0 Å². The van der Waals surface area contributed by atoms with Crippen LogP contribution < -0.4 is 14.4 Å². The quantitative estimate of drug-likeness (QED) is 0.272. The maximum absolute atomic E-state index is 13.4. The summed E-state index contributed by atoms with van der Waals surface area (Å²) in [4.78, 5) is 32.3. The Kier molecular flexibility index (Phi) is 6.78. The number of ether oxygens (including phenoxy) is 2. The van der Waals surface area contributed by atoms with Crippen LogP contribution in [0.4, 0.5) is 5.69 Å². The van der Waals surface area contributed by atoms with E-state index in [-0.39, 0.29) is 33.1 Å². The van der Waals surface area contributed by atoms with Crippen LogP contribution in [0.25, 0.3) is 5.76 Å². The number of aliphatic hydroxyl groups excluding tert-OH is 1. The van der Waals surface area contributed by atoms with Crippen molar-refractivity contribution in [1.29, 1.82) is 0 Å². The number of aliphatic hydroxyl groups is 1. The largest absolute Gasteiger partial charge is 0.507 e. The Morgan fingerprint density at radius 3 is 2.14 bits per heavy atom. The highest BCUT2D eigenvalue weighted by molar-refractivity contribution is 6.51. The molecule has 0 saturated carbocycles. The summed E-state index contributed by atoms with van der Waals surface area (Å²) in [6.07, 6.45) is 3.15. The van der Waals surface area contributed by atoms with E-state index in [0.29, 0.717) is 11.3 Å². The molecule has 1 aromatic heterocycles. The molecule has 36 heavy (non-hydrogen) atoms. The molecule has 1 amide bonds. The molecule has 1 unspecified atom stereocenters. The smallest absolute Gasteiger partial charge is 0.300 e. The number of hydrogen-bond donors (Lipinski definition) is 1. The zero-order valence-corrected chi connectivity index (χ0v) is 21.5. The molecule has 1 fully saturated rings. The van der Waals surface area contributed by atoms with Crippen molar-refractivity contribution in [3.63, 3.8) is 0 Å². The van der Waals surface area contributed by atoms with Crippen molar-refractivity contribution in [1.82, 2.24) is 4.98 Å². The van der Waals surface area contributed by atoms with E-state index in [1.165, 1.54) is 31.3 Å². The molecule has 8 heteroatoms. The number of anilines is 1. The SMILES string of the molecule is COc1cc(/C(O)=C2\C(=O)C(=O)N(c3ccc(C(C)(C)C)cc3)C2c2ccncc2)c(OC)cc1Cl. The van der Waals surface area contributed by atoms with Gasteiger partial charge in [-0.05, 0) is 46.9 Å². The van der Waals surface area contributed by atoms with Gasteiger partial charge in [-0.3, -0.25) is 19.5 Å². The van der Waals surface area contributed by atoms with E-state index in [9.17, 15) is 14.7 Å². The first-order valence-corrected chi connectivity index (χ1v) is 11.7. The average Bonchev–Trinajstić information content (AvgIpc) is 3.13. The van der Waals surface area contributed by atoms with Gasteiger partial charge in [0.1, 0.15) is 17.3 Å². The first-order valence-electron chi connectivity index (χ1n) is 11.3. The molecule has 1 atom stereocenters. The summed E-state index contributed by atoms with van der Waals surface area (Å²) in [7, 11) is 2.86. The zero-order chi connectivity index (χ0) is 26.2. The number of aromatic nitrogens is 1. The minimum atomic E-state index is -0.889. The van der Waals surface area contributed by atoms with E-state index >= 15 is 0 Å². The fourth-order valence-corrected chi connectivity index (χ4v) is 4.50. The molecule has 1 aliphatic heterocycles. The Balaban J connectivity index is 1.94. The van der Waals surface area contributed by atoms with Crippen LogP contribution in [-0.2, 0) is 15.0 Å². The number of hydrogen-bond acceptors (Lipinski definition) is 6. The van der Waals surface area contributed by atoms with Gasteiger partial charge in [0.2, 0.25) is 0 Å². The third-order valence-electron chi connectivity index (χ3n) is 6.21. The van der Waals surface area contributed by atoms with Crippen LogP contribution in [0, 0.1) is 0 Å². The van der Waals surface area contributed by atoms with Gasteiger partial charge in [0.05, 0.1) is 36.4 Å². The first kappa shape index (κ1) is 25.3. The van der Waals surface area contributed by atoms with Crippen molar-refractivity contribution in [2.24, 2.45) is 0 Å². The summed E-state index contributed by atoms with van der Waals surface area (Å²) in [5.41, 5.74) is 2.26. The molecule has 0 spiro atoms. The molecule has 1 saturated heterocycles. The van der Waals surface area contributed by atoms with E-state index in [1.54, 1.807) is 24.5 Å². The molecule has 3 aromatic rings. The van der Waals surface area contributed by atoms with Gasteiger partial charge in [0, 0.05) is 24.1 Å². The number of amides is 1. The Morgan fingerprint density at radius 1 is 0.972 bits per heavy atom. The zero-order valence-electron chi connectivity index (χ0n) is 20.7. The van der Waals surface area contributed by atoms with Gasteiger partial charge in [-0.25, -0.2) is 0 Å². The topological polar surface area (TPSA) is 89.0 Å². The van der Waals surface area contributed by atoms with Gasteiger partial charge in [-0.2, -0.15) is 0 Å². The lowest BCUT2D eigenvalue weighted by Gasteiger charge is -2.26. The Morgan fingerprint density at radius 2 is 1.58 bits per heavy atom. The second-order valence-electron chi connectivity index (χ2n) is 9.43. The average molecular weight is 507 g/mol. The van der Waals surface area contributed by atoms with Crippen LogP contribution in [0.1, 0.15) is 43.5 Å². The number of Topliss-reactive ketones (excluding diaryl/α,β-unsaturated/α-hetero) is 1. The summed E-state index contributed by atoms with van der Waals surface area (Å²) >= 11 is 6.23. The fraction of sp³-hybridized carbons (Fsp3) is 0.250. The molecular weight excluding hydrogens is 480 g/mol. The monoisotopic (exact) mass is 506 g/mol. The summed E-state index contributed by atoms with van der Waals surface area (Å²) in [6.45, 7) is 6.29. The molecule has 4 rings (SSSR count). The van der Waals surface area contributed by atoms with Gasteiger partial charge in [-0.1, -0.05) is 44.5 Å². The lowest BCUT2D eigenvalue weighted by atomic mass is 9.87. The maximum Gasteiger partial charge on any atom is 0.300 e. The summed E-state index contributed by atoms with van der Waals surface area (Å²) in [6, 6.07) is 13.0. The van der Waals surface area contributed by atoms with Crippen LogP contribution in [-0.4, -0.2) is 36.0 Å². The van der Waals surface area contributed by atoms with Crippen LogP contribution in [0.5, 0.6) is 11.5 Å². The van der Waals surface area contributed by atoms with Crippen molar-refractivity contribution >= 4 is 34.7 Å². The number of rotatable bonds is 5. The summed E-state index contributed by atoms with van der Waals surface area (Å²) in [5, 5.41) is 11.7. The van der Waals surface area contributed by atoms with Crippen molar-refractivity contribution in [2.45, 2.75) is 32.2 Å². The van der Waals surface area contributed by atoms with E-state index < -0.39 is 23.5 Å². The molecule has 1 aliphatic rings. The van der Waals surface area contributed by atoms with E-state index in [0.717, 1.165) is 5.56 Å². The number of pyridine rings is 1. The number of nitrogens with zero attached hydrogens (tertiary/aromatic N) is 2. The van der Waals surface area contributed by atoms with Gasteiger partial charge < -0.3 is 14.6 Å². The summed E-state index contributed by atoms with van der Waals surface area (Å²) < 4.78 is 10.7. The number of ketones is 1. The van der Waals surface area contributed by atoms with Crippen LogP contribution >= 0.6 is 11.6 Å². The minimum absolute atomic E-state index is 0.0752. The third kappa shape index (κ3) is 4.42. The second-order valence-corrected chi connectivity index (χ2v) is 9.84. The molecule has 0 aliphatic carbocycles. The number of carbonyl (C=O) groups is 2. The first-order chi connectivity index (χ1) is 17.1. The minimum Gasteiger partial charge on any atom is -0.507 e. The Labute approximate surface area is 214 Å². The molecule has 186 valence electrons. The predicted octanol–water partition coefficient (Wildman–Crippen LogP) is 5.68. The molecule has 0 radical (unpaired) electrons. The van der Waals surface area contributed by atoms with Crippen LogP contribution in [0.3, 0.4) is 0 Å². The molecule has 1 N–H and O–H groups in total. The highest BCUT2D eigenvalue weighted by atomic mass is 35.5.